The van der Waals surface area contributed by atoms with E-state index in [0.717, 1.165) is 6.42 Å². The molecule has 0 bridgehead atoms. The molecule has 2 aromatic rings. The van der Waals surface area contributed by atoms with Gasteiger partial charge in [-0.05, 0) is 25.5 Å². The van der Waals surface area contributed by atoms with Crippen molar-refractivity contribution in [2.24, 2.45) is 0 Å². The van der Waals surface area contributed by atoms with Crippen molar-refractivity contribution >= 4 is 23.0 Å². The number of carbonyl (C=O) groups is 1. The monoisotopic (exact) mass is 265 g/mol. The lowest BCUT2D eigenvalue weighted by Crippen LogP contribution is -2.19. The maximum Gasteiger partial charge on any atom is 0.323 e. The highest BCUT2D eigenvalue weighted by Crippen LogP contribution is 2.21. The number of halogens is 1. The Bertz CT molecular complexity index is 609. The summed E-state index contributed by atoms with van der Waals surface area (Å²) in [5.41, 5.74) is 1.06. The van der Waals surface area contributed by atoms with Gasteiger partial charge in [0.2, 0.25) is 5.95 Å². The first kappa shape index (κ1) is 13.3. The van der Waals surface area contributed by atoms with Gasteiger partial charge >= 0.3 is 5.97 Å². The molecule has 2 rings (SSSR count). The predicted molar refractivity (Wildman–Crippen MR) is 70.7 cm³/mol. The Balaban J connectivity index is 2.50. The van der Waals surface area contributed by atoms with E-state index in [1.165, 1.54) is 12.1 Å². The second-order valence-corrected chi connectivity index (χ2v) is 4.50. The van der Waals surface area contributed by atoms with E-state index in [4.69, 9.17) is 5.11 Å². The third-order valence-corrected chi connectivity index (χ3v) is 2.99. The average Bonchev–Trinajstić information content (AvgIpc) is 2.65. The number of nitrogens with one attached hydrogen (secondary N) is 1. The lowest BCUT2D eigenvalue weighted by Gasteiger charge is -2.13. The number of carboxylic acids is 1. The molecule has 0 spiro atoms. The molecule has 19 heavy (non-hydrogen) atoms. The third kappa shape index (κ3) is 2.83. The van der Waals surface area contributed by atoms with Crippen LogP contribution in [0.3, 0.4) is 0 Å². The smallest absolute Gasteiger partial charge is 0.323 e. The Morgan fingerprint density at radius 1 is 1.58 bits per heavy atom. The van der Waals surface area contributed by atoms with E-state index in [0.29, 0.717) is 17.0 Å². The molecule has 1 atom stereocenters. The van der Waals surface area contributed by atoms with Crippen molar-refractivity contribution in [2.75, 3.05) is 5.32 Å². The molecule has 1 unspecified atom stereocenters. The highest BCUT2D eigenvalue weighted by Gasteiger charge is 2.14. The fourth-order valence-electron chi connectivity index (χ4n) is 1.83. The minimum absolute atomic E-state index is 0.161. The first-order valence-electron chi connectivity index (χ1n) is 6.15. The highest BCUT2D eigenvalue weighted by atomic mass is 19.1. The molecule has 0 aliphatic heterocycles. The summed E-state index contributed by atoms with van der Waals surface area (Å²) >= 11 is 0. The van der Waals surface area contributed by atoms with Gasteiger partial charge in [-0.2, -0.15) is 0 Å². The highest BCUT2D eigenvalue weighted by molar-refractivity contribution is 5.81. The van der Waals surface area contributed by atoms with E-state index in [-0.39, 0.29) is 18.4 Å². The zero-order valence-corrected chi connectivity index (χ0v) is 10.9. The minimum Gasteiger partial charge on any atom is -0.480 e. The first-order chi connectivity index (χ1) is 9.01. The van der Waals surface area contributed by atoms with Gasteiger partial charge in [-0.15, -0.1) is 0 Å². The zero-order chi connectivity index (χ0) is 14.0. The standard InChI is InChI=1S/C13H16FN3O2/c1-3-8(2)15-13-16-10-6-9(14)4-5-11(10)17(13)7-12(18)19/h4-6,8H,3,7H2,1-2H3,(H,15,16)(H,18,19). The summed E-state index contributed by atoms with van der Waals surface area (Å²) in [7, 11) is 0. The molecule has 0 aliphatic rings. The molecular formula is C13H16FN3O2. The molecule has 2 N–H and O–H groups in total. The number of fused-ring (bicyclic) bond motifs is 1. The number of imidazole rings is 1. The molecule has 0 radical (unpaired) electrons. The van der Waals surface area contributed by atoms with E-state index in [1.54, 1.807) is 10.6 Å². The molecule has 1 heterocycles. The van der Waals surface area contributed by atoms with E-state index >= 15 is 0 Å². The summed E-state index contributed by atoms with van der Waals surface area (Å²) in [6.07, 6.45) is 0.880. The number of aromatic nitrogens is 2. The van der Waals surface area contributed by atoms with Gasteiger partial charge in [-0.3, -0.25) is 9.36 Å². The molecule has 1 aromatic carbocycles. The molecular weight excluding hydrogens is 249 g/mol. The number of anilines is 1. The molecule has 6 heteroatoms. The molecule has 0 saturated carbocycles. The van der Waals surface area contributed by atoms with Crippen LogP contribution in [0.15, 0.2) is 18.2 Å². The number of nitrogens with zero attached hydrogens (tertiary/aromatic N) is 2. The van der Waals surface area contributed by atoms with Crippen LogP contribution in [0.5, 0.6) is 0 Å². The van der Waals surface area contributed by atoms with Gasteiger partial charge < -0.3 is 10.4 Å². The Hall–Kier alpha value is -2.11. The SMILES string of the molecule is CCC(C)Nc1nc2cc(F)ccc2n1CC(=O)O. The van der Waals surface area contributed by atoms with Crippen molar-refractivity contribution in [3.05, 3.63) is 24.0 Å². The summed E-state index contributed by atoms with van der Waals surface area (Å²) in [4.78, 5) is 15.2. The van der Waals surface area contributed by atoms with Gasteiger partial charge in [-0.25, -0.2) is 9.37 Å². The minimum atomic E-state index is -0.962. The lowest BCUT2D eigenvalue weighted by atomic mass is 10.3. The van der Waals surface area contributed by atoms with Crippen molar-refractivity contribution in [3.63, 3.8) is 0 Å². The maximum absolute atomic E-state index is 13.2. The fourth-order valence-corrected chi connectivity index (χ4v) is 1.83. The van der Waals surface area contributed by atoms with Crippen molar-refractivity contribution in [1.29, 1.82) is 0 Å². The Labute approximate surface area is 110 Å². The molecule has 102 valence electrons. The second kappa shape index (κ2) is 5.26. The van der Waals surface area contributed by atoms with Crippen LogP contribution < -0.4 is 5.32 Å². The number of rotatable bonds is 5. The van der Waals surface area contributed by atoms with Gasteiger partial charge in [0.15, 0.2) is 0 Å². The second-order valence-electron chi connectivity index (χ2n) is 4.50. The average molecular weight is 265 g/mol. The van der Waals surface area contributed by atoms with Crippen LogP contribution in [-0.2, 0) is 11.3 Å². The summed E-state index contributed by atoms with van der Waals surface area (Å²) in [6, 6.07) is 4.31. The lowest BCUT2D eigenvalue weighted by molar-refractivity contribution is -0.137. The van der Waals surface area contributed by atoms with Gasteiger partial charge in [0, 0.05) is 12.1 Å². The summed E-state index contributed by atoms with van der Waals surface area (Å²) in [5.74, 6) is -0.893. The Morgan fingerprint density at radius 2 is 2.32 bits per heavy atom. The van der Waals surface area contributed by atoms with Gasteiger partial charge in [0.05, 0.1) is 11.0 Å². The van der Waals surface area contributed by atoms with E-state index in [9.17, 15) is 9.18 Å². The normalized spacial score (nSPS) is 12.6. The van der Waals surface area contributed by atoms with E-state index in [1.807, 2.05) is 13.8 Å². The molecule has 5 nitrogen and oxygen atoms in total. The maximum atomic E-state index is 13.2. The quantitative estimate of drug-likeness (QED) is 0.871. The molecule has 0 saturated heterocycles. The number of carboxylic acid groups (broad SMARTS) is 1. The predicted octanol–water partition coefficient (Wildman–Crippen LogP) is 2.47. The fraction of sp³-hybridized carbons (Fsp3) is 0.385. The van der Waals surface area contributed by atoms with Crippen LogP contribution in [0, 0.1) is 5.82 Å². The molecule has 1 aromatic heterocycles. The Kier molecular flexibility index (Phi) is 3.69. The van der Waals surface area contributed by atoms with Crippen molar-refractivity contribution < 1.29 is 14.3 Å². The van der Waals surface area contributed by atoms with Gasteiger partial charge in [-0.1, -0.05) is 6.92 Å². The van der Waals surface area contributed by atoms with E-state index < -0.39 is 5.97 Å². The van der Waals surface area contributed by atoms with Crippen LogP contribution in [-0.4, -0.2) is 26.7 Å². The molecule has 0 amide bonds. The van der Waals surface area contributed by atoms with Crippen molar-refractivity contribution in [1.82, 2.24) is 9.55 Å². The summed E-state index contributed by atoms with van der Waals surface area (Å²) < 4.78 is 14.7. The topological polar surface area (TPSA) is 67.2 Å². The number of aliphatic carboxylic acids is 1. The van der Waals surface area contributed by atoms with Crippen LogP contribution >= 0.6 is 0 Å². The summed E-state index contributed by atoms with van der Waals surface area (Å²) in [6.45, 7) is 3.79. The number of benzene rings is 1. The Morgan fingerprint density at radius 3 is 2.95 bits per heavy atom. The molecule has 0 fully saturated rings. The van der Waals surface area contributed by atoms with Crippen LogP contribution in [0.1, 0.15) is 20.3 Å². The van der Waals surface area contributed by atoms with Crippen LogP contribution in [0.25, 0.3) is 11.0 Å². The van der Waals surface area contributed by atoms with Crippen molar-refractivity contribution in [3.8, 4) is 0 Å². The van der Waals surface area contributed by atoms with E-state index in [2.05, 4.69) is 10.3 Å². The van der Waals surface area contributed by atoms with Gasteiger partial charge in [0.25, 0.3) is 0 Å². The van der Waals surface area contributed by atoms with Crippen molar-refractivity contribution in [2.45, 2.75) is 32.9 Å². The van der Waals surface area contributed by atoms with Gasteiger partial charge in [0.1, 0.15) is 12.4 Å². The molecule has 0 aliphatic carbocycles. The first-order valence-corrected chi connectivity index (χ1v) is 6.15. The number of hydrogen-bond donors (Lipinski definition) is 2. The number of hydrogen-bond acceptors (Lipinski definition) is 3. The third-order valence-electron chi connectivity index (χ3n) is 2.99. The zero-order valence-electron chi connectivity index (χ0n) is 10.9. The largest absolute Gasteiger partial charge is 0.480 e. The van der Waals surface area contributed by atoms with Crippen LogP contribution in [0.2, 0.25) is 0 Å². The summed E-state index contributed by atoms with van der Waals surface area (Å²) in [5, 5.41) is 12.1. The van der Waals surface area contributed by atoms with Crippen LogP contribution in [0.4, 0.5) is 10.3 Å².